The van der Waals surface area contributed by atoms with E-state index in [1.165, 1.54) is 43.8 Å². The van der Waals surface area contributed by atoms with Gasteiger partial charge in [0, 0.05) is 6.07 Å². The molecule has 21 heavy (non-hydrogen) atoms. The fourth-order valence-electron chi connectivity index (χ4n) is 1.53. The molecule has 1 aromatic heterocycles. The van der Waals surface area contributed by atoms with Crippen molar-refractivity contribution in [2.24, 2.45) is 0 Å². The maximum absolute atomic E-state index is 12.7. The molecule has 7 heteroatoms. The lowest BCUT2D eigenvalue weighted by Gasteiger charge is -2.07. The SMILES string of the molecule is COc1cc(C(=O)NCCOc2ccc(F)cc2)ncn1. The van der Waals surface area contributed by atoms with E-state index in [4.69, 9.17) is 9.47 Å². The lowest BCUT2D eigenvalue weighted by Crippen LogP contribution is -2.28. The molecule has 0 fully saturated rings. The Bertz CT molecular complexity index is 605. The minimum absolute atomic E-state index is 0.212. The number of nitrogens with zero attached hydrogens (tertiary/aromatic N) is 2. The van der Waals surface area contributed by atoms with Gasteiger partial charge in [0.25, 0.3) is 5.91 Å². The first-order chi connectivity index (χ1) is 10.2. The number of benzene rings is 1. The number of halogens is 1. The van der Waals surface area contributed by atoms with Gasteiger partial charge < -0.3 is 14.8 Å². The smallest absolute Gasteiger partial charge is 0.270 e. The van der Waals surface area contributed by atoms with Gasteiger partial charge in [-0.05, 0) is 24.3 Å². The Morgan fingerprint density at radius 2 is 2.05 bits per heavy atom. The van der Waals surface area contributed by atoms with Crippen LogP contribution in [0.1, 0.15) is 10.5 Å². The maximum Gasteiger partial charge on any atom is 0.270 e. The zero-order chi connectivity index (χ0) is 15.1. The van der Waals surface area contributed by atoms with Crippen molar-refractivity contribution in [3.8, 4) is 11.6 Å². The monoisotopic (exact) mass is 291 g/mol. The summed E-state index contributed by atoms with van der Waals surface area (Å²) in [6, 6.07) is 7.09. The topological polar surface area (TPSA) is 73.3 Å². The highest BCUT2D eigenvalue weighted by Gasteiger charge is 2.08. The van der Waals surface area contributed by atoms with Crippen LogP contribution in [0.15, 0.2) is 36.7 Å². The van der Waals surface area contributed by atoms with Gasteiger partial charge in [0.15, 0.2) is 0 Å². The molecule has 0 saturated carbocycles. The summed E-state index contributed by atoms with van der Waals surface area (Å²) >= 11 is 0. The highest BCUT2D eigenvalue weighted by molar-refractivity contribution is 5.92. The van der Waals surface area contributed by atoms with E-state index in [9.17, 15) is 9.18 Å². The molecule has 6 nitrogen and oxygen atoms in total. The van der Waals surface area contributed by atoms with E-state index in [2.05, 4.69) is 15.3 Å². The number of methoxy groups -OCH3 is 1. The summed E-state index contributed by atoms with van der Waals surface area (Å²) in [5, 5.41) is 2.65. The molecule has 1 amide bonds. The van der Waals surface area contributed by atoms with Crippen molar-refractivity contribution in [1.29, 1.82) is 0 Å². The van der Waals surface area contributed by atoms with Crippen molar-refractivity contribution in [3.05, 3.63) is 48.2 Å². The van der Waals surface area contributed by atoms with Gasteiger partial charge in [0.2, 0.25) is 5.88 Å². The molecule has 0 atom stereocenters. The number of ether oxygens (including phenoxy) is 2. The van der Waals surface area contributed by atoms with Crippen molar-refractivity contribution in [2.45, 2.75) is 0 Å². The number of carbonyl (C=O) groups excluding carboxylic acids is 1. The quantitative estimate of drug-likeness (QED) is 0.815. The highest BCUT2D eigenvalue weighted by atomic mass is 19.1. The van der Waals surface area contributed by atoms with Crippen LogP contribution in [-0.2, 0) is 0 Å². The number of aromatic nitrogens is 2. The van der Waals surface area contributed by atoms with Gasteiger partial charge in [-0.15, -0.1) is 0 Å². The fraction of sp³-hybridized carbons (Fsp3) is 0.214. The number of nitrogens with one attached hydrogen (secondary N) is 1. The number of hydrogen-bond acceptors (Lipinski definition) is 5. The molecule has 1 N–H and O–H groups in total. The molecule has 0 aliphatic carbocycles. The average Bonchev–Trinajstić information content (AvgIpc) is 2.53. The van der Waals surface area contributed by atoms with Crippen LogP contribution in [0.4, 0.5) is 4.39 Å². The second kappa shape index (κ2) is 7.18. The molecule has 110 valence electrons. The minimum Gasteiger partial charge on any atom is -0.492 e. The highest BCUT2D eigenvalue weighted by Crippen LogP contribution is 2.10. The Morgan fingerprint density at radius 3 is 2.76 bits per heavy atom. The van der Waals surface area contributed by atoms with Gasteiger partial charge in [-0.2, -0.15) is 0 Å². The number of carbonyl (C=O) groups is 1. The summed E-state index contributed by atoms with van der Waals surface area (Å²) in [5.74, 6) is 0.179. The van der Waals surface area contributed by atoms with Crippen LogP contribution in [0.3, 0.4) is 0 Å². The lowest BCUT2D eigenvalue weighted by atomic mass is 10.3. The molecule has 2 aromatic rings. The van der Waals surface area contributed by atoms with Crippen molar-refractivity contribution >= 4 is 5.91 Å². The van der Waals surface area contributed by atoms with Crippen LogP contribution in [0.2, 0.25) is 0 Å². The first-order valence-corrected chi connectivity index (χ1v) is 6.21. The van der Waals surface area contributed by atoms with Crippen molar-refractivity contribution in [2.75, 3.05) is 20.3 Å². The molecular weight excluding hydrogens is 277 g/mol. The Balaban J connectivity index is 1.77. The third-order valence-corrected chi connectivity index (χ3v) is 2.55. The summed E-state index contributed by atoms with van der Waals surface area (Å²) < 4.78 is 23.0. The first-order valence-electron chi connectivity index (χ1n) is 6.21. The normalized spacial score (nSPS) is 10.0. The summed E-state index contributed by atoms with van der Waals surface area (Å²) in [4.78, 5) is 19.5. The van der Waals surface area contributed by atoms with E-state index in [1.807, 2.05) is 0 Å². The molecule has 0 spiro atoms. The third-order valence-electron chi connectivity index (χ3n) is 2.55. The Kier molecular flexibility index (Phi) is 5.03. The fourth-order valence-corrected chi connectivity index (χ4v) is 1.53. The predicted molar refractivity (Wildman–Crippen MR) is 72.8 cm³/mol. The van der Waals surface area contributed by atoms with Crippen LogP contribution in [0.25, 0.3) is 0 Å². The molecule has 1 heterocycles. The summed E-state index contributed by atoms with van der Waals surface area (Å²) in [6.45, 7) is 0.558. The minimum atomic E-state index is -0.349. The number of rotatable bonds is 6. The van der Waals surface area contributed by atoms with Gasteiger partial charge >= 0.3 is 0 Å². The molecule has 0 aliphatic heterocycles. The van der Waals surface area contributed by atoms with Gasteiger partial charge in [-0.3, -0.25) is 4.79 Å². The molecular formula is C14H14FN3O3. The van der Waals surface area contributed by atoms with Crippen LogP contribution in [0.5, 0.6) is 11.6 Å². The molecule has 0 unspecified atom stereocenters. The number of hydrogen-bond donors (Lipinski definition) is 1. The van der Waals surface area contributed by atoms with E-state index < -0.39 is 0 Å². The van der Waals surface area contributed by atoms with Gasteiger partial charge in [0.1, 0.15) is 30.2 Å². The third kappa shape index (κ3) is 4.41. The summed E-state index contributed by atoms with van der Waals surface area (Å²) in [7, 11) is 1.46. The summed E-state index contributed by atoms with van der Waals surface area (Å²) in [5.41, 5.74) is 0.212. The molecule has 0 saturated heterocycles. The second-order valence-corrected chi connectivity index (χ2v) is 4.00. The maximum atomic E-state index is 12.7. The van der Waals surface area contributed by atoms with E-state index in [0.29, 0.717) is 18.2 Å². The van der Waals surface area contributed by atoms with Crippen LogP contribution >= 0.6 is 0 Å². The van der Waals surface area contributed by atoms with E-state index >= 15 is 0 Å². The first kappa shape index (κ1) is 14.7. The Morgan fingerprint density at radius 1 is 1.29 bits per heavy atom. The molecule has 1 aromatic carbocycles. The van der Waals surface area contributed by atoms with Crippen LogP contribution in [0, 0.1) is 5.82 Å². The average molecular weight is 291 g/mol. The lowest BCUT2D eigenvalue weighted by molar-refractivity contribution is 0.0941. The van der Waals surface area contributed by atoms with Gasteiger partial charge in [-0.1, -0.05) is 0 Å². The van der Waals surface area contributed by atoms with Gasteiger partial charge in [0.05, 0.1) is 13.7 Å². The Labute approximate surface area is 120 Å². The number of amides is 1. The molecule has 2 rings (SSSR count). The van der Waals surface area contributed by atoms with E-state index in [1.54, 1.807) is 0 Å². The predicted octanol–water partition coefficient (Wildman–Crippen LogP) is 1.43. The zero-order valence-electron chi connectivity index (χ0n) is 11.4. The second-order valence-electron chi connectivity index (χ2n) is 4.00. The van der Waals surface area contributed by atoms with Crippen LogP contribution < -0.4 is 14.8 Å². The Hall–Kier alpha value is -2.70. The zero-order valence-corrected chi connectivity index (χ0v) is 11.4. The van der Waals surface area contributed by atoms with Crippen molar-refractivity contribution < 1.29 is 18.7 Å². The van der Waals surface area contributed by atoms with Gasteiger partial charge in [-0.25, -0.2) is 14.4 Å². The summed E-state index contributed by atoms with van der Waals surface area (Å²) in [6.07, 6.45) is 1.25. The standard InChI is InChI=1S/C14H14FN3O3/c1-20-13-8-12(17-9-18-13)14(19)16-6-7-21-11-4-2-10(15)3-5-11/h2-5,8-9H,6-7H2,1H3,(H,16,19). The van der Waals surface area contributed by atoms with Crippen molar-refractivity contribution in [3.63, 3.8) is 0 Å². The molecule has 0 radical (unpaired) electrons. The molecule has 0 aliphatic rings. The molecule has 0 bridgehead atoms. The van der Waals surface area contributed by atoms with E-state index in [-0.39, 0.29) is 24.0 Å². The van der Waals surface area contributed by atoms with Crippen molar-refractivity contribution in [1.82, 2.24) is 15.3 Å². The van der Waals surface area contributed by atoms with E-state index in [0.717, 1.165) is 0 Å². The largest absolute Gasteiger partial charge is 0.492 e. The van der Waals surface area contributed by atoms with Crippen LogP contribution in [-0.4, -0.2) is 36.1 Å².